The van der Waals surface area contributed by atoms with Gasteiger partial charge in [0.15, 0.2) is 5.65 Å². The van der Waals surface area contributed by atoms with Crippen LogP contribution in [-0.4, -0.2) is 22.1 Å². The number of nitrogens with one attached hydrogen (secondary N) is 2. The first kappa shape index (κ1) is 15.7. The largest absolute Gasteiger partial charge is 0.468 e. The zero-order chi connectivity index (χ0) is 17.2. The minimum absolute atomic E-state index is 0.511. The van der Waals surface area contributed by atoms with E-state index < -0.39 is 0 Å². The number of rotatable bonds is 5. The number of halogens is 1. The molecule has 1 aromatic carbocycles. The van der Waals surface area contributed by atoms with E-state index in [4.69, 9.17) is 9.15 Å². The van der Waals surface area contributed by atoms with Gasteiger partial charge in [-0.15, -0.1) is 0 Å². The summed E-state index contributed by atoms with van der Waals surface area (Å²) >= 11 is 3.42. The molecule has 7 heteroatoms. The first-order valence-electron chi connectivity index (χ1n) is 7.69. The summed E-state index contributed by atoms with van der Waals surface area (Å²) in [5, 5.41) is 3.31. The van der Waals surface area contributed by atoms with Gasteiger partial charge in [0.2, 0.25) is 0 Å². The summed E-state index contributed by atoms with van der Waals surface area (Å²) in [6, 6.07) is 13.7. The van der Waals surface area contributed by atoms with Gasteiger partial charge in [-0.3, -0.25) is 0 Å². The predicted octanol–water partition coefficient (Wildman–Crippen LogP) is 4.60. The van der Waals surface area contributed by atoms with Crippen LogP contribution in [0.1, 0.15) is 5.76 Å². The van der Waals surface area contributed by atoms with Gasteiger partial charge in [-0.05, 0) is 52.3 Å². The molecular weight excluding hydrogens is 384 g/mol. The number of benzene rings is 1. The Morgan fingerprint density at radius 2 is 2.04 bits per heavy atom. The number of pyridine rings is 1. The lowest BCUT2D eigenvalue weighted by molar-refractivity contribution is 0.295. The second-order valence-electron chi connectivity index (χ2n) is 5.47. The molecule has 0 saturated carbocycles. The molecule has 3 aromatic heterocycles. The van der Waals surface area contributed by atoms with Crippen LogP contribution in [0.3, 0.4) is 0 Å². The summed E-state index contributed by atoms with van der Waals surface area (Å²) in [7, 11) is 1.58. The van der Waals surface area contributed by atoms with Crippen molar-refractivity contribution in [3.8, 4) is 17.3 Å². The zero-order valence-electron chi connectivity index (χ0n) is 13.4. The summed E-state index contributed by atoms with van der Waals surface area (Å²) < 4.78 is 11.4. The third kappa shape index (κ3) is 3.36. The van der Waals surface area contributed by atoms with Crippen molar-refractivity contribution in [3.63, 3.8) is 0 Å². The van der Waals surface area contributed by atoms with E-state index in [0.29, 0.717) is 18.1 Å². The molecule has 0 atom stereocenters. The maximum absolute atomic E-state index is 5.48. The Bertz CT molecular complexity index is 1010. The quantitative estimate of drug-likeness (QED) is 0.513. The van der Waals surface area contributed by atoms with E-state index in [1.807, 2.05) is 36.4 Å². The first-order valence-corrected chi connectivity index (χ1v) is 8.49. The zero-order valence-corrected chi connectivity index (χ0v) is 15.0. The third-order valence-corrected chi connectivity index (χ3v) is 4.20. The second kappa shape index (κ2) is 6.60. The number of ether oxygens (including phenoxy) is 1. The Morgan fingerprint density at radius 3 is 2.80 bits per heavy atom. The van der Waals surface area contributed by atoms with Crippen LogP contribution >= 0.6 is 15.9 Å². The third-order valence-electron chi connectivity index (χ3n) is 3.77. The van der Waals surface area contributed by atoms with Crippen molar-refractivity contribution in [3.05, 3.63) is 58.9 Å². The number of furan rings is 1. The molecule has 0 aliphatic rings. The van der Waals surface area contributed by atoms with Gasteiger partial charge in [0, 0.05) is 28.0 Å². The van der Waals surface area contributed by atoms with Crippen LogP contribution < -0.4 is 10.1 Å². The number of methoxy groups -OCH3 is 1. The van der Waals surface area contributed by atoms with Crippen LogP contribution in [0.5, 0.6) is 5.95 Å². The number of hydrogen-bond acceptors (Lipinski definition) is 5. The lowest BCUT2D eigenvalue weighted by Gasteiger charge is -2.05. The fourth-order valence-electron chi connectivity index (χ4n) is 2.51. The van der Waals surface area contributed by atoms with E-state index in [-0.39, 0.29) is 0 Å². The van der Waals surface area contributed by atoms with Gasteiger partial charge < -0.3 is 19.5 Å². The number of anilines is 1. The average Bonchev–Trinajstić information content (AvgIpc) is 3.26. The van der Waals surface area contributed by atoms with Gasteiger partial charge in [0.1, 0.15) is 11.6 Å². The molecule has 0 amide bonds. The standard InChI is InChI=1S/C18H15BrN4O2/c1-24-16-7-6-14(25-16)10-20-13-4-2-11(3-5-13)17-22-15-8-12(19)9-21-18(15)23-17/h2-9,20H,10H2,1H3,(H,21,22,23). The topological polar surface area (TPSA) is 76.0 Å². The van der Waals surface area contributed by atoms with Gasteiger partial charge in [-0.2, -0.15) is 0 Å². The summed E-state index contributed by atoms with van der Waals surface area (Å²) in [5.41, 5.74) is 3.60. The van der Waals surface area contributed by atoms with Gasteiger partial charge in [0.25, 0.3) is 5.95 Å². The highest BCUT2D eigenvalue weighted by Crippen LogP contribution is 2.23. The van der Waals surface area contributed by atoms with E-state index in [1.165, 1.54) is 0 Å². The molecule has 0 bridgehead atoms. The molecule has 0 fully saturated rings. The van der Waals surface area contributed by atoms with Crippen LogP contribution in [0.25, 0.3) is 22.6 Å². The Balaban J connectivity index is 1.48. The summed E-state index contributed by atoms with van der Waals surface area (Å²) in [6.45, 7) is 0.589. The molecule has 3 heterocycles. The van der Waals surface area contributed by atoms with Gasteiger partial charge >= 0.3 is 0 Å². The lowest BCUT2D eigenvalue weighted by atomic mass is 10.2. The van der Waals surface area contributed by atoms with E-state index in [9.17, 15) is 0 Å². The molecule has 0 unspecified atom stereocenters. The van der Waals surface area contributed by atoms with Crippen molar-refractivity contribution in [2.75, 3.05) is 12.4 Å². The molecule has 4 aromatic rings. The highest BCUT2D eigenvalue weighted by molar-refractivity contribution is 9.10. The molecule has 0 radical (unpaired) electrons. The molecule has 0 spiro atoms. The Hall–Kier alpha value is -2.80. The van der Waals surface area contributed by atoms with E-state index in [1.54, 1.807) is 19.4 Å². The smallest absolute Gasteiger partial charge is 0.284 e. The number of H-pyrrole nitrogens is 1. The maximum atomic E-state index is 5.48. The van der Waals surface area contributed by atoms with Gasteiger partial charge in [-0.25, -0.2) is 9.97 Å². The van der Waals surface area contributed by atoms with Crippen LogP contribution in [-0.2, 0) is 6.54 Å². The molecule has 0 saturated heterocycles. The fraction of sp³-hybridized carbons (Fsp3) is 0.111. The molecule has 126 valence electrons. The van der Waals surface area contributed by atoms with Gasteiger partial charge in [-0.1, -0.05) is 0 Å². The molecule has 4 rings (SSSR count). The van der Waals surface area contributed by atoms with Crippen LogP contribution in [0, 0.1) is 0 Å². The molecular formula is C18H15BrN4O2. The van der Waals surface area contributed by atoms with Crippen LogP contribution in [0.4, 0.5) is 5.69 Å². The molecule has 2 N–H and O–H groups in total. The average molecular weight is 399 g/mol. The van der Waals surface area contributed by atoms with Crippen molar-refractivity contribution in [2.24, 2.45) is 0 Å². The SMILES string of the molecule is COc1ccc(CNc2ccc(-c3nc4ncc(Br)cc4[nH]3)cc2)o1. The highest BCUT2D eigenvalue weighted by atomic mass is 79.9. The summed E-state index contributed by atoms with van der Waals surface area (Å²) in [5.74, 6) is 2.12. The number of nitrogens with zero attached hydrogens (tertiary/aromatic N) is 2. The van der Waals surface area contributed by atoms with E-state index >= 15 is 0 Å². The number of fused-ring (bicyclic) bond motifs is 1. The molecule has 6 nitrogen and oxygen atoms in total. The minimum atomic E-state index is 0.511. The van der Waals surface area contributed by atoms with Crippen LogP contribution in [0.2, 0.25) is 0 Å². The monoisotopic (exact) mass is 398 g/mol. The molecule has 0 aliphatic heterocycles. The van der Waals surface area contributed by atoms with Crippen molar-refractivity contribution in [1.82, 2.24) is 15.0 Å². The Kier molecular flexibility index (Phi) is 4.15. The highest BCUT2D eigenvalue weighted by Gasteiger charge is 2.07. The van der Waals surface area contributed by atoms with Crippen LogP contribution in [0.15, 0.2) is 57.6 Å². The van der Waals surface area contributed by atoms with Crippen molar-refractivity contribution in [2.45, 2.75) is 6.54 Å². The molecule has 25 heavy (non-hydrogen) atoms. The minimum Gasteiger partial charge on any atom is -0.468 e. The Labute approximate surface area is 152 Å². The second-order valence-corrected chi connectivity index (χ2v) is 6.38. The first-order chi connectivity index (χ1) is 12.2. The Morgan fingerprint density at radius 1 is 1.20 bits per heavy atom. The number of aromatic nitrogens is 3. The predicted molar refractivity (Wildman–Crippen MR) is 99.6 cm³/mol. The van der Waals surface area contributed by atoms with Gasteiger partial charge in [0.05, 0.1) is 19.2 Å². The molecule has 0 aliphatic carbocycles. The lowest BCUT2D eigenvalue weighted by Crippen LogP contribution is -1.97. The van der Waals surface area contributed by atoms with E-state index in [0.717, 1.165) is 32.8 Å². The maximum Gasteiger partial charge on any atom is 0.284 e. The summed E-state index contributed by atoms with van der Waals surface area (Å²) in [6.07, 6.45) is 1.74. The summed E-state index contributed by atoms with van der Waals surface area (Å²) in [4.78, 5) is 12.1. The van der Waals surface area contributed by atoms with E-state index in [2.05, 4.69) is 36.2 Å². The number of hydrogen-bond donors (Lipinski definition) is 2. The normalized spacial score (nSPS) is 11.0. The van der Waals surface area contributed by atoms with Crippen molar-refractivity contribution < 1.29 is 9.15 Å². The van der Waals surface area contributed by atoms with Crippen molar-refractivity contribution >= 4 is 32.8 Å². The number of imidazole rings is 1. The fourth-order valence-corrected chi connectivity index (χ4v) is 2.84. The van der Waals surface area contributed by atoms with Crippen molar-refractivity contribution in [1.29, 1.82) is 0 Å². The number of aromatic amines is 1.